The van der Waals surface area contributed by atoms with Gasteiger partial charge in [0.15, 0.2) is 0 Å². The number of ether oxygens (including phenoxy) is 1. The molecule has 1 atom stereocenters. The second-order valence-corrected chi connectivity index (χ2v) is 7.06. The van der Waals surface area contributed by atoms with Crippen molar-refractivity contribution in [1.29, 1.82) is 0 Å². The van der Waals surface area contributed by atoms with Crippen LogP contribution in [-0.2, 0) is 11.3 Å². The van der Waals surface area contributed by atoms with Gasteiger partial charge >= 0.3 is 6.18 Å². The third-order valence-corrected chi connectivity index (χ3v) is 4.47. The van der Waals surface area contributed by atoms with E-state index in [-0.39, 0.29) is 18.6 Å². The lowest BCUT2D eigenvalue weighted by Gasteiger charge is -2.18. The predicted molar refractivity (Wildman–Crippen MR) is 103 cm³/mol. The van der Waals surface area contributed by atoms with E-state index in [1.807, 2.05) is 19.1 Å². The molecule has 0 aliphatic heterocycles. The maximum Gasteiger partial charge on any atom is 0.411 e. The van der Waals surface area contributed by atoms with Crippen LogP contribution in [-0.4, -0.2) is 18.7 Å². The van der Waals surface area contributed by atoms with Crippen LogP contribution in [0.3, 0.4) is 0 Å². The fourth-order valence-electron chi connectivity index (χ4n) is 2.81. The maximum absolute atomic E-state index is 12.5. The first-order chi connectivity index (χ1) is 13.2. The molecular formula is C22H26F3NO2. The Bertz CT molecular complexity index is 753. The van der Waals surface area contributed by atoms with Crippen LogP contribution in [0.4, 0.5) is 13.2 Å². The zero-order chi connectivity index (χ0) is 20.7. The summed E-state index contributed by atoms with van der Waals surface area (Å²) >= 11 is 0. The molecule has 1 amide bonds. The van der Waals surface area contributed by atoms with E-state index < -0.39 is 12.8 Å². The van der Waals surface area contributed by atoms with E-state index in [4.69, 9.17) is 0 Å². The average molecular weight is 393 g/mol. The quantitative estimate of drug-likeness (QED) is 0.618. The number of nitrogens with one attached hydrogen (secondary N) is 1. The molecule has 0 fully saturated rings. The van der Waals surface area contributed by atoms with E-state index in [2.05, 4.69) is 36.0 Å². The highest BCUT2D eigenvalue weighted by molar-refractivity contribution is 5.94. The minimum atomic E-state index is -4.34. The van der Waals surface area contributed by atoms with Gasteiger partial charge in [-0.25, -0.2) is 0 Å². The Morgan fingerprint density at radius 1 is 1.00 bits per heavy atom. The summed E-state index contributed by atoms with van der Waals surface area (Å²) in [5.74, 6) is 0.227. The minimum Gasteiger partial charge on any atom is -0.367 e. The van der Waals surface area contributed by atoms with Crippen LogP contribution in [0.25, 0.3) is 0 Å². The van der Waals surface area contributed by atoms with Crippen LogP contribution in [0, 0.1) is 0 Å². The highest BCUT2D eigenvalue weighted by atomic mass is 19.4. The Balaban J connectivity index is 1.96. The summed E-state index contributed by atoms with van der Waals surface area (Å²) in [6.07, 6.45) is -3.60. The number of amides is 1. The zero-order valence-electron chi connectivity index (χ0n) is 16.3. The van der Waals surface area contributed by atoms with Crippen molar-refractivity contribution >= 4 is 5.91 Å². The fraction of sp³-hybridized carbons (Fsp3) is 0.409. The van der Waals surface area contributed by atoms with Gasteiger partial charge in [-0.05, 0) is 41.2 Å². The van der Waals surface area contributed by atoms with Crippen LogP contribution in [0.15, 0.2) is 48.5 Å². The van der Waals surface area contributed by atoms with Crippen LogP contribution in [0.1, 0.15) is 66.2 Å². The lowest BCUT2D eigenvalue weighted by atomic mass is 9.98. The maximum atomic E-state index is 12.5. The van der Waals surface area contributed by atoms with Gasteiger partial charge in [-0.1, -0.05) is 57.2 Å². The van der Waals surface area contributed by atoms with Gasteiger partial charge in [0.1, 0.15) is 6.61 Å². The molecule has 0 aliphatic carbocycles. The molecule has 2 aromatic rings. The first kappa shape index (κ1) is 22.0. The Morgan fingerprint density at radius 3 is 2.07 bits per heavy atom. The molecule has 2 aromatic carbocycles. The van der Waals surface area contributed by atoms with Crippen molar-refractivity contribution in [2.24, 2.45) is 0 Å². The molecule has 3 nitrogen and oxygen atoms in total. The van der Waals surface area contributed by atoms with E-state index >= 15 is 0 Å². The first-order valence-electron chi connectivity index (χ1n) is 9.33. The Hall–Kier alpha value is -2.34. The van der Waals surface area contributed by atoms with Crippen molar-refractivity contribution in [2.75, 3.05) is 6.61 Å². The number of rotatable bonds is 8. The molecule has 0 aliphatic rings. The molecule has 0 aromatic heterocycles. The predicted octanol–water partition coefficient (Wildman–Crippen LogP) is 5.77. The van der Waals surface area contributed by atoms with E-state index in [1.165, 1.54) is 5.56 Å². The summed E-state index contributed by atoms with van der Waals surface area (Å²) < 4.78 is 40.9. The number of alkyl halides is 3. The van der Waals surface area contributed by atoms with E-state index in [0.29, 0.717) is 17.0 Å². The molecule has 0 spiro atoms. The number of hydrogen-bond acceptors (Lipinski definition) is 2. The SMILES string of the molecule is CCC(NC(=O)c1ccc(COCC(F)(F)F)cc1)c1ccc(C(C)C)cc1. The fourth-order valence-corrected chi connectivity index (χ4v) is 2.81. The van der Waals surface area contributed by atoms with Gasteiger partial charge in [-0.2, -0.15) is 13.2 Å². The van der Waals surface area contributed by atoms with Crippen LogP contribution < -0.4 is 5.32 Å². The van der Waals surface area contributed by atoms with E-state index in [0.717, 1.165) is 12.0 Å². The first-order valence-corrected chi connectivity index (χ1v) is 9.33. The van der Waals surface area contributed by atoms with Gasteiger partial charge in [0, 0.05) is 5.56 Å². The Morgan fingerprint density at radius 2 is 1.57 bits per heavy atom. The molecule has 1 unspecified atom stereocenters. The molecule has 0 saturated carbocycles. The summed E-state index contributed by atoms with van der Waals surface area (Å²) in [7, 11) is 0. The molecule has 0 heterocycles. The molecule has 28 heavy (non-hydrogen) atoms. The smallest absolute Gasteiger partial charge is 0.367 e. The van der Waals surface area contributed by atoms with Crippen molar-refractivity contribution < 1.29 is 22.7 Å². The minimum absolute atomic E-state index is 0.108. The van der Waals surface area contributed by atoms with Gasteiger partial charge in [-0.3, -0.25) is 4.79 Å². The average Bonchev–Trinajstić information content (AvgIpc) is 2.65. The van der Waals surface area contributed by atoms with Crippen molar-refractivity contribution in [2.45, 2.75) is 51.9 Å². The van der Waals surface area contributed by atoms with E-state index in [1.54, 1.807) is 24.3 Å². The number of carbonyl (C=O) groups is 1. The van der Waals surface area contributed by atoms with Gasteiger partial charge in [0.25, 0.3) is 5.91 Å². The van der Waals surface area contributed by atoms with Gasteiger partial charge in [-0.15, -0.1) is 0 Å². The van der Waals surface area contributed by atoms with Crippen molar-refractivity contribution in [3.63, 3.8) is 0 Å². The largest absolute Gasteiger partial charge is 0.411 e. The molecule has 0 bridgehead atoms. The third kappa shape index (κ3) is 6.68. The van der Waals surface area contributed by atoms with E-state index in [9.17, 15) is 18.0 Å². The Labute approximate surface area is 163 Å². The number of benzene rings is 2. The van der Waals surface area contributed by atoms with Crippen molar-refractivity contribution in [3.8, 4) is 0 Å². The zero-order valence-corrected chi connectivity index (χ0v) is 16.3. The molecule has 0 radical (unpaired) electrons. The number of hydrogen-bond donors (Lipinski definition) is 1. The molecule has 6 heteroatoms. The van der Waals surface area contributed by atoms with Crippen molar-refractivity contribution in [1.82, 2.24) is 5.32 Å². The monoisotopic (exact) mass is 393 g/mol. The van der Waals surface area contributed by atoms with Crippen LogP contribution >= 0.6 is 0 Å². The topological polar surface area (TPSA) is 38.3 Å². The van der Waals surface area contributed by atoms with Gasteiger partial charge < -0.3 is 10.1 Å². The summed E-state index contributed by atoms with van der Waals surface area (Å²) in [5, 5.41) is 3.01. The number of halogens is 3. The van der Waals surface area contributed by atoms with Crippen molar-refractivity contribution in [3.05, 3.63) is 70.8 Å². The highest BCUT2D eigenvalue weighted by Crippen LogP contribution is 2.21. The third-order valence-electron chi connectivity index (χ3n) is 4.47. The summed E-state index contributed by atoms with van der Waals surface area (Å²) in [4.78, 5) is 12.5. The standard InChI is InChI=1S/C22H26F3NO2/c1-4-20(18-11-9-17(10-12-18)15(2)3)26-21(27)19-7-5-16(6-8-19)13-28-14-22(23,24)25/h5-12,15,20H,4,13-14H2,1-3H3,(H,26,27). The number of carbonyl (C=O) groups excluding carboxylic acids is 1. The van der Waals surface area contributed by atoms with Crippen LogP contribution in [0.2, 0.25) is 0 Å². The summed E-state index contributed by atoms with van der Waals surface area (Å²) in [5.41, 5.74) is 3.32. The normalized spacial score (nSPS) is 12.8. The lowest BCUT2D eigenvalue weighted by Crippen LogP contribution is -2.28. The highest BCUT2D eigenvalue weighted by Gasteiger charge is 2.27. The summed E-state index contributed by atoms with van der Waals surface area (Å²) in [6.45, 7) is 4.82. The molecule has 152 valence electrons. The lowest BCUT2D eigenvalue weighted by molar-refractivity contribution is -0.176. The van der Waals surface area contributed by atoms with Crippen LogP contribution in [0.5, 0.6) is 0 Å². The summed E-state index contributed by atoms with van der Waals surface area (Å²) in [6, 6.07) is 14.5. The molecule has 0 saturated heterocycles. The van der Waals surface area contributed by atoms with Gasteiger partial charge in [0.05, 0.1) is 12.6 Å². The van der Waals surface area contributed by atoms with Gasteiger partial charge in [0.2, 0.25) is 0 Å². The second kappa shape index (κ2) is 9.73. The molecule has 1 N–H and O–H groups in total. The molecular weight excluding hydrogens is 367 g/mol. The Kier molecular flexibility index (Phi) is 7.63. The second-order valence-electron chi connectivity index (χ2n) is 7.06. The molecule has 2 rings (SSSR count).